The second-order valence-corrected chi connectivity index (χ2v) is 7.59. The van der Waals surface area contributed by atoms with Gasteiger partial charge in [-0.15, -0.1) is 11.3 Å². The van der Waals surface area contributed by atoms with Gasteiger partial charge in [0.25, 0.3) is 0 Å². The number of aromatic nitrogens is 3. The van der Waals surface area contributed by atoms with Gasteiger partial charge in [0.1, 0.15) is 0 Å². The second-order valence-electron chi connectivity index (χ2n) is 6.73. The number of nitrogens with zero attached hydrogens (tertiary/aromatic N) is 4. The third-order valence-corrected chi connectivity index (χ3v) is 5.32. The van der Waals surface area contributed by atoms with Gasteiger partial charge < -0.3 is 4.90 Å². The maximum atomic E-state index is 12.6. The molecule has 2 amide bonds. The van der Waals surface area contributed by atoms with Crippen LogP contribution in [0.1, 0.15) is 11.3 Å². The van der Waals surface area contributed by atoms with E-state index in [9.17, 15) is 4.79 Å². The molecule has 1 N–H and O–H groups in total. The van der Waals surface area contributed by atoms with Gasteiger partial charge in [0.2, 0.25) is 0 Å². The molecule has 0 saturated heterocycles. The van der Waals surface area contributed by atoms with Crippen molar-refractivity contribution in [2.24, 2.45) is 0 Å². The highest BCUT2D eigenvalue weighted by Crippen LogP contribution is 2.25. The van der Waals surface area contributed by atoms with Gasteiger partial charge in [0.15, 0.2) is 5.13 Å². The molecule has 0 atom stereocenters. The summed E-state index contributed by atoms with van der Waals surface area (Å²) < 4.78 is 1.85. The van der Waals surface area contributed by atoms with Crippen LogP contribution in [0.4, 0.5) is 9.93 Å². The van der Waals surface area contributed by atoms with Gasteiger partial charge in [0, 0.05) is 29.8 Å². The number of amides is 2. The normalized spacial score (nSPS) is 10.7. The zero-order chi connectivity index (χ0) is 20.2. The van der Waals surface area contributed by atoms with E-state index >= 15 is 0 Å². The molecule has 4 rings (SSSR count). The molecule has 2 aromatic carbocycles. The maximum Gasteiger partial charge on any atom is 0.323 e. The van der Waals surface area contributed by atoms with Crippen LogP contribution in [0.3, 0.4) is 0 Å². The molecule has 0 aliphatic carbocycles. The summed E-state index contributed by atoms with van der Waals surface area (Å²) in [5.74, 6) is 0. The lowest BCUT2D eigenvalue weighted by Crippen LogP contribution is -2.30. The van der Waals surface area contributed by atoms with Gasteiger partial charge in [-0.2, -0.15) is 5.10 Å². The van der Waals surface area contributed by atoms with Crippen molar-refractivity contribution >= 4 is 22.5 Å². The zero-order valence-electron chi connectivity index (χ0n) is 16.2. The van der Waals surface area contributed by atoms with Crippen molar-refractivity contribution in [1.29, 1.82) is 0 Å². The van der Waals surface area contributed by atoms with Crippen molar-refractivity contribution in [3.63, 3.8) is 0 Å². The van der Waals surface area contributed by atoms with E-state index < -0.39 is 0 Å². The Kier molecular flexibility index (Phi) is 5.39. The van der Waals surface area contributed by atoms with Crippen LogP contribution in [0.15, 0.2) is 72.2 Å². The predicted molar refractivity (Wildman–Crippen MR) is 116 cm³/mol. The minimum Gasteiger partial charge on any atom is -0.323 e. The highest BCUT2D eigenvalue weighted by atomic mass is 32.1. The van der Waals surface area contributed by atoms with Crippen LogP contribution < -0.4 is 5.32 Å². The van der Waals surface area contributed by atoms with E-state index in [2.05, 4.69) is 10.3 Å². The lowest BCUT2D eigenvalue weighted by molar-refractivity contribution is 0.221. The first-order chi connectivity index (χ1) is 14.1. The summed E-state index contributed by atoms with van der Waals surface area (Å²) in [5, 5.41) is 10.2. The minimum atomic E-state index is -0.203. The average molecular weight is 404 g/mol. The Labute approximate surface area is 173 Å². The molecule has 4 aromatic rings. The maximum absolute atomic E-state index is 12.6. The third-order valence-electron chi connectivity index (χ3n) is 4.45. The largest absolute Gasteiger partial charge is 0.323 e. The lowest BCUT2D eigenvalue weighted by Gasteiger charge is -2.17. The van der Waals surface area contributed by atoms with E-state index in [-0.39, 0.29) is 6.03 Å². The van der Waals surface area contributed by atoms with E-state index in [0.29, 0.717) is 11.7 Å². The first kappa shape index (κ1) is 18.9. The molecule has 146 valence electrons. The van der Waals surface area contributed by atoms with Gasteiger partial charge in [-0.05, 0) is 19.1 Å². The van der Waals surface area contributed by atoms with Crippen LogP contribution in [0.2, 0.25) is 0 Å². The summed E-state index contributed by atoms with van der Waals surface area (Å²) in [6, 6.07) is 19.8. The number of nitrogens with one attached hydrogen (secondary N) is 1. The Morgan fingerprint density at radius 2 is 1.79 bits per heavy atom. The number of urea groups is 1. The van der Waals surface area contributed by atoms with E-state index in [4.69, 9.17) is 5.10 Å². The van der Waals surface area contributed by atoms with Crippen molar-refractivity contribution in [3.05, 3.63) is 83.5 Å². The number of carbonyl (C=O) groups excluding carboxylic acids is 1. The highest BCUT2D eigenvalue weighted by Gasteiger charge is 2.17. The number of hydrogen-bond acceptors (Lipinski definition) is 4. The van der Waals surface area contributed by atoms with Gasteiger partial charge in [-0.1, -0.05) is 48.5 Å². The quantitative estimate of drug-likeness (QED) is 0.512. The van der Waals surface area contributed by atoms with Gasteiger partial charge in [-0.25, -0.2) is 14.5 Å². The van der Waals surface area contributed by atoms with Crippen molar-refractivity contribution < 1.29 is 4.79 Å². The third kappa shape index (κ3) is 4.35. The smallest absolute Gasteiger partial charge is 0.323 e. The summed E-state index contributed by atoms with van der Waals surface area (Å²) in [6.45, 7) is 2.33. The first-order valence-corrected chi connectivity index (χ1v) is 10.1. The number of hydrogen-bond donors (Lipinski definition) is 1. The molecule has 0 unspecified atom stereocenters. The van der Waals surface area contributed by atoms with Crippen molar-refractivity contribution in [2.45, 2.75) is 13.5 Å². The summed E-state index contributed by atoms with van der Waals surface area (Å²) in [4.78, 5) is 18.5. The van der Waals surface area contributed by atoms with Crippen LogP contribution >= 0.6 is 11.3 Å². The van der Waals surface area contributed by atoms with Crippen LogP contribution in [0, 0.1) is 6.92 Å². The molecule has 2 heterocycles. The topological polar surface area (TPSA) is 63.1 Å². The minimum absolute atomic E-state index is 0.203. The van der Waals surface area contributed by atoms with Gasteiger partial charge in [0.05, 0.1) is 23.6 Å². The lowest BCUT2D eigenvalue weighted by atomic mass is 10.1. The van der Waals surface area contributed by atoms with E-state index in [1.54, 1.807) is 11.9 Å². The molecule has 0 radical (unpaired) electrons. The predicted octanol–water partition coefficient (Wildman–Crippen LogP) is 4.97. The first-order valence-electron chi connectivity index (χ1n) is 9.24. The van der Waals surface area contributed by atoms with Crippen LogP contribution in [-0.2, 0) is 6.54 Å². The molecular weight excluding hydrogens is 382 g/mol. The molecule has 0 aliphatic heterocycles. The molecular formula is C22H21N5OS. The number of aryl methyl sites for hydroxylation is 1. The summed E-state index contributed by atoms with van der Waals surface area (Å²) >= 11 is 1.42. The Hall–Kier alpha value is -3.45. The fourth-order valence-electron chi connectivity index (χ4n) is 3.00. The monoisotopic (exact) mass is 403 g/mol. The fraction of sp³-hybridized carbons (Fsp3) is 0.136. The van der Waals surface area contributed by atoms with Crippen molar-refractivity contribution in [1.82, 2.24) is 19.7 Å². The Morgan fingerprint density at radius 3 is 2.45 bits per heavy atom. The molecule has 0 spiro atoms. The number of para-hydroxylation sites is 1. The van der Waals surface area contributed by atoms with Gasteiger partial charge in [-0.3, -0.25) is 5.32 Å². The highest BCUT2D eigenvalue weighted by molar-refractivity contribution is 7.13. The molecule has 0 saturated carbocycles. The summed E-state index contributed by atoms with van der Waals surface area (Å²) in [7, 11) is 1.77. The average Bonchev–Trinajstić information content (AvgIpc) is 3.35. The summed E-state index contributed by atoms with van der Waals surface area (Å²) in [5.41, 5.74) is 4.71. The van der Waals surface area contributed by atoms with E-state index in [1.165, 1.54) is 11.3 Å². The number of carbonyl (C=O) groups is 1. The Morgan fingerprint density at radius 1 is 1.10 bits per heavy atom. The molecule has 0 bridgehead atoms. The molecule has 2 aromatic heterocycles. The SMILES string of the molecule is Cc1csc(NC(=O)N(C)Cc2cn(-c3ccccc3)nc2-c2ccccc2)n1. The molecule has 0 aliphatic rings. The Bertz CT molecular complexity index is 1100. The second kappa shape index (κ2) is 8.28. The van der Waals surface area contributed by atoms with E-state index in [1.807, 2.05) is 83.8 Å². The molecule has 7 heteroatoms. The number of rotatable bonds is 5. The number of thiazole rings is 1. The fourth-order valence-corrected chi connectivity index (χ4v) is 3.68. The van der Waals surface area contributed by atoms with Crippen LogP contribution in [0.25, 0.3) is 16.9 Å². The molecule has 0 fully saturated rings. The Balaban J connectivity index is 1.61. The number of anilines is 1. The summed E-state index contributed by atoms with van der Waals surface area (Å²) in [6.07, 6.45) is 1.98. The van der Waals surface area contributed by atoms with Crippen molar-refractivity contribution in [2.75, 3.05) is 12.4 Å². The van der Waals surface area contributed by atoms with Crippen LogP contribution in [-0.4, -0.2) is 32.7 Å². The van der Waals surface area contributed by atoms with Gasteiger partial charge >= 0.3 is 6.03 Å². The standard InChI is InChI=1S/C22H21N5OS/c1-16-15-29-21(23-16)24-22(28)26(2)13-18-14-27(19-11-7-4-8-12-19)25-20(18)17-9-5-3-6-10-17/h3-12,14-15H,13H2,1-2H3,(H,23,24,28). The van der Waals surface area contributed by atoms with Crippen LogP contribution in [0.5, 0.6) is 0 Å². The van der Waals surface area contributed by atoms with Crippen molar-refractivity contribution in [3.8, 4) is 16.9 Å². The molecule has 6 nitrogen and oxygen atoms in total. The van der Waals surface area contributed by atoms with E-state index in [0.717, 1.165) is 28.2 Å². The zero-order valence-corrected chi connectivity index (χ0v) is 17.1. The molecule has 29 heavy (non-hydrogen) atoms. The number of benzene rings is 2.